The number of fused-ring (bicyclic) bond motifs is 2. The minimum Gasteiger partial charge on any atom is -0.377 e. The molecule has 4 rings (SSSR count). The first-order valence-corrected chi connectivity index (χ1v) is 8.10. The Morgan fingerprint density at radius 2 is 1.95 bits per heavy atom. The van der Waals surface area contributed by atoms with Crippen molar-refractivity contribution < 1.29 is 4.74 Å². The number of hydrogen-bond acceptors (Lipinski definition) is 2. The minimum absolute atomic E-state index is 0.304. The second kappa shape index (κ2) is 4.57. The van der Waals surface area contributed by atoms with Gasteiger partial charge < -0.3 is 10.1 Å². The second-order valence-electron chi connectivity index (χ2n) is 7.42. The van der Waals surface area contributed by atoms with E-state index < -0.39 is 0 Å². The highest BCUT2D eigenvalue weighted by atomic mass is 16.5. The molecule has 0 radical (unpaired) electrons. The molecule has 0 aromatic heterocycles. The smallest absolute Gasteiger partial charge is 0.0685 e. The zero-order valence-electron chi connectivity index (χ0n) is 12.6. The standard InChI is InChI=1S/C18H25NO/c1-18(2)16(15-9-10-20-17(15)18)19-14-8-7-12-5-3-4-6-13(12)11-14/h3-6,14-17,19H,7-11H2,1-2H3. The Balaban J connectivity index is 1.46. The third-order valence-corrected chi connectivity index (χ3v) is 5.86. The molecule has 2 heteroatoms. The second-order valence-corrected chi connectivity index (χ2v) is 7.42. The molecule has 1 aromatic carbocycles. The number of hydrogen-bond donors (Lipinski definition) is 1. The van der Waals surface area contributed by atoms with E-state index in [9.17, 15) is 0 Å². The Morgan fingerprint density at radius 1 is 1.15 bits per heavy atom. The quantitative estimate of drug-likeness (QED) is 0.893. The maximum atomic E-state index is 5.90. The normalized spacial score (nSPS) is 37.9. The fourth-order valence-electron chi connectivity index (χ4n) is 4.76. The number of nitrogens with one attached hydrogen (secondary N) is 1. The van der Waals surface area contributed by atoms with Gasteiger partial charge in [0.05, 0.1) is 6.10 Å². The SMILES string of the molecule is CC1(C)C(NC2CCc3ccccc3C2)C2CCOC21. The van der Waals surface area contributed by atoms with Crippen molar-refractivity contribution in [2.45, 2.75) is 57.7 Å². The van der Waals surface area contributed by atoms with Crippen molar-refractivity contribution in [3.63, 3.8) is 0 Å². The predicted octanol–water partition coefficient (Wildman–Crippen LogP) is 2.95. The van der Waals surface area contributed by atoms with Crippen molar-refractivity contribution in [1.82, 2.24) is 5.32 Å². The lowest BCUT2D eigenvalue weighted by Crippen LogP contribution is -2.67. The molecule has 0 bridgehead atoms. The summed E-state index contributed by atoms with van der Waals surface area (Å²) in [6, 6.07) is 10.2. The van der Waals surface area contributed by atoms with Crippen molar-refractivity contribution in [2.24, 2.45) is 11.3 Å². The van der Waals surface area contributed by atoms with Gasteiger partial charge in [-0.1, -0.05) is 38.1 Å². The van der Waals surface area contributed by atoms with Crippen LogP contribution in [0.15, 0.2) is 24.3 Å². The van der Waals surface area contributed by atoms with Gasteiger partial charge in [0.1, 0.15) is 0 Å². The van der Waals surface area contributed by atoms with Crippen LogP contribution in [0.2, 0.25) is 0 Å². The topological polar surface area (TPSA) is 21.3 Å². The molecule has 1 aromatic rings. The molecule has 4 unspecified atom stereocenters. The fraction of sp³-hybridized carbons (Fsp3) is 0.667. The number of benzene rings is 1. The van der Waals surface area contributed by atoms with E-state index in [0.29, 0.717) is 23.6 Å². The Bertz CT molecular complexity index is 510. The summed E-state index contributed by atoms with van der Waals surface area (Å²) < 4.78 is 5.90. The third kappa shape index (κ3) is 1.85. The van der Waals surface area contributed by atoms with Gasteiger partial charge in [0.15, 0.2) is 0 Å². The molecule has 1 N–H and O–H groups in total. The molecule has 2 aliphatic carbocycles. The van der Waals surface area contributed by atoms with Crippen molar-refractivity contribution >= 4 is 0 Å². The molecular formula is C18H25NO. The van der Waals surface area contributed by atoms with Crippen LogP contribution in [0.1, 0.15) is 37.8 Å². The summed E-state index contributed by atoms with van der Waals surface area (Å²) in [4.78, 5) is 0. The van der Waals surface area contributed by atoms with Crippen LogP contribution in [-0.2, 0) is 17.6 Å². The summed E-state index contributed by atoms with van der Waals surface area (Å²) in [7, 11) is 0. The van der Waals surface area contributed by atoms with E-state index in [0.717, 1.165) is 12.5 Å². The first kappa shape index (κ1) is 12.8. The summed E-state index contributed by atoms with van der Waals surface area (Å²) in [5.41, 5.74) is 3.41. The van der Waals surface area contributed by atoms with E-state index in [1.165, 1.54) is 25.7 Å². The molecule has 1 saturated heterocycles. The maximum absolute atomic E-state index is 5.90. The van der Waals surface area contributed by atoms with E-state index in [2.05, 4.69) is 43.4 Å². The molecule has 2 nitrogen and oxygen atoms in total. The van der Waals surface area contributed by atoms with Crippen molar-refractivity contribution in [3.8, 4) is 0 Å². The summed E-state index contributed by atoms with van der Waals surface area (Å²) in [6.45, 7) is 5.70. The third-order valence-electron chi connectivity index (χ3n) is 5.86. The van der Waals surface area contributed by atoms with E-state index in [4.69, 9.17) is 4.74 Å². The highest BCUT2D eigenvalue weighted by Crippen LogP contribution is 2.52. The predicted molar refractivity (Wildman–Crippen MR) is 80.8 cm³/mol. The van der Waals surface area contributed by atoms with Gasteiger partial charge in [-0.05, 0) is 36.8 Å². The van der Waals surface area contributed by atoms with E-state index >= 15 is 0 Å². The molecule has 1 saturated carbocycles. The van der Waals surface area contributed by atoms with E-state index in [1.54, 1.807) is 11.1 Å². The molecule has 1 heterocycles. The highest BCUT2D eigenvalue weighted by Gasteiger charge is 2.59. The average Bonchev–Trinajstić information content (AvgIpc) is 2.91. The molecule has 0 amide bonds. The van der Waals surface area contributed by atoms with Crippen molar-refractivity contribution in [2.75, 3.05) is 6.61 Å². The lowest BCUT2D eigenvalue weighted by Gasteiger charge is -2.56. The summed E-state index contributed by atoms with van der Waals surface area (Å²) in [5.74, 6) is 0.752. The molecule has 20 heavy (non-hydrogen) atoms. The van der Waals surface area contributed by atoms with Gasteiger partial charge in [-0.2, -0.15) is 0 Å². The fourth-order valence-corrected chi connectivity index (χ4v) is 4.76. The van der Waals surface area contributed by atoms with Gasteiger partial charge in [-0.25, -0.2) is 0 Å². The van der Waals surface area contributed by atoms with Gasteiger partial charge in [-0.15, -0.1) is 0 Å². The summed E-state index contributed by atoms with van der Waals surface area (Å²) in [5, 5.41) is 3.98. The first-order chi connectivity index (χ1) is 9.66. The van der Waals surface area contributed by atoms with Crippen LogP contribution in [0.5, 0.6) is 0 Å². The molecular weight excluding hydrogens is 246 g/mol. The number of aryl methyl sites for hydroxylation is 1. The van der Waals surface area contributed by atoms with Crippen molar-refractivity contribution in [1.29, 1.82) is 0 Å². The Hall–Kier alpha value is -0.860. The molecule has 3 aliphatic rings. The maximum Gasteiger partial charge on any atom is 0.0685 e. The molecule has 1 aliphatic heterocycles. The monoisotopic (exact) mass is 271 g/mol. The molecule has 108 valence electrons. The van der Waals surface area contributed by atoms with Crippen molar-refractivity contribution in [3.05, 3.63) is 35.4 Å². The average molecular weight is 271 g/mol. The van der Waals surface area contributed by atoms with Crippen LogP contribution in [0.25, 0.3) is 0 Å². The molecule has 4 atom stereocenters. The largest absolute Gasteiger partial charge is 0.377 e. The minimum atomic E-state index is 0.304. The highest BCUT2D eigenvalue weighted by molar-refractivity contribution is 5.30. The van der Waals surface area contributed by atoms with E-state index in [-0.39, 0.29) is 0 Å². The Morgan fingerprint density at radius 3 is 2.80 bits per heavy atom. The van der Waals surface area contributed by atoms with Crippen LogP contribution in [0.4, 0.5) is 0 Å². The lowest BCUT2D eigenvalue weighted by molar-refractivity contribution is -0.115. The van der Waals surface area contributed by atoms with Crippen LogP contribution in [0, 0.1) is 11.3 Å². The van der Waals surface area contributed by atoms with Gasteiger partial charge in [0.25, 0.3) is 0 Å². The van der Waals surface area contributed by atoms with Crippen LogP contribution in [-0.4, -0.2) is 24.8 Å². The number of ether oxygens (including phenoxy) is 1. The Kier molecular flexibility index (Phi) is 2.94. The van der Waals surface area contributed by atoms with Crippen LogP contribution < -0.4 is 5.32 Å². The summed E-state index contributed by atoms with van der Waals surface area (Å²) in [6.07, 6.45) is 5.44. The molecule has 2 fully saturated rings. The lowest BCUT2D eigenvalue weighted by atomic mass is 9.57. The number of rotatable bonds is 2. The zero-order valence-corrected chi connectivity index (χ0v) is 12.6. The van der Waals surface area contributed by atoms with E-state index in [1.807, 2.05) is 0 Å². The van der Waals surface area contributed by atoms with Gasteiger partial charge in [0.2, 0.25) is 0 Å². The van der Waals surface area contributed by atoms with Crippen LogP contribution in [0.3, 0.4) is 0 Å². The first-order valence-electron chi connectivity index (χ1n) is 8.10. The summed E-state index contributed by atoms with van der Waals surface area (Å²) >= 11 is 0. The van der Waals surface area contributed by atoms with Gasteiger partial charge in [-0.3, -0.25) is 0 Å². The van der Waals surface area contributed by atoms with Crippen LogP contribution >= 0.6 is 0 Å². The van der Waals surface area contributed by atoms with Gasteiger partial charge >= 0.3 is 0 Å². The molecule has 0 spiro atoms. The zero-order chi connectivity index (χ0) is 13.7. The Labute approximate surface area is 121 Å². The van der Waals surface area contributed by atoms with Gasteiger partial charge in [0, 0.05) is 30.0 Å².